The van der Waals surface area contributed by atoms with Gasteiger partial charge >= 0.3 is 0 Å². The quantitative estimate of drug-likeness (QED) is 0.214. The maximum Gasteiger partial charge on any atom is -0.0380 e. The third kappa shape index (κ3) is 9.36. The summed E-state index contributed by atoms with van der Waals surface area (Å²) in [5.41, 5.74) is 0. The fraction of sp³-hybridized carbons (Fsp3) is 1.00. The summed E-state index contributed by atoms with van der Waals surface area (Å²) in [5.74, 6) is 9.19. The van der Waals surface area contributed by atoms with Gasteiger partial charge < -0.3 is 0 Å². The summed E-state index contributed by atoms with van der Waals surface area (Å²) in [4.78, 5) is 0. The molecule has 0 aromatic rings. The SMILES string of the molecule is CCCCCC1CCC(C(CC(C)C2CCC(C(C)CC)CC2)CC(CC)C2CCCCC2)CC1. The summed E-state index contributed by atoms with van der Waals surface area (Å²) in [6, 6.07) is 0. The molecule has 0 radical (unpaired) electrons. The third-order valence-corrected chi connectivity index (χ3v) is 12.0. The number of unbranched alkanes of at least 4 members (excludes halogenated alkanes) is 2. The molecule has 0 aromatic carbocycles. The molecule has 0 N–H and O–H groups in total. The van der Waals surface area contributed by atoms with E-state index in [9.17, 15) is 0 Å². The number of hydrogen-bond donors (Lipinski definition) is 0. The molecule has 3 rings (SSSR count). The fourth-order valence-electron chi connectivity index (χ4n) is 9.09. The van der Waals surface area contributed by atoms with Crippen LogP contribution >= 0.6 is 0 Å². The molecule has 0 heterocycles. The highest BCUT2D eigenvalue weighted by atomic mass is 14.4. The van der Waals surface area contributed by atoms with Crippen molar-refractivity contribution in [2.24, 2.45) is 53.3 Å². The number of rotatable bonds is 14. The maximum absolute atomic E-state index is 2.68. The van der Waals surface area contributed by atoms with Gasteiger partial charge in [0.1, 0.15) is 0 Å². The largest absolute Gasteiger partial charge is 0.0654 e. The van der Waals surface area contributed by atoms with Gasteiger partial charge in [-0.2, -0.15) is 0 Å². The first kappa shape index (κ1) is 29.6. The van der Waals surface area contributed by atoms with Gasteiger partial charge in [-0.3, -0.25) is 0 Å². The van der Waals surface area contributed by atoms with Crippen molar-refractivity contribution in [1.82, 2.24) is 0 Å². The van der Waals surface area contributed by atoms with E-state index in [4.69, 9.17) is 0 Å². The van der Waals surface area contributed by atoms with E-state index in [1.54, 1.807) is 51.4 Å². The monoisotopic (exact) mass is 487 g/mol. The normalized spacial score (nSPS) is 32.1. The van der Waals surface area contributed by atoms with E-state index in [1.807, 2.05) is 0 Å². The zero-order valence-electron chi connectivity index (χ0n) is 25.0. The van der Waals surface area contributed by atoms with E-state index < -0.39 is 0 Å². The second kappa shape index (κ2) is 16.1. The van der Waals surface area contributed by atoms with Gasteiger partial charge in [0.25, 0.3) is 0 Å². The Morgan fingerprint density at radius 1 is 0.514 bits per heavy atom. The predicted molar refractivity (Wildman–Crippen MR) is 157 cm³/mol. The van der Waals surface area contributed by atoms with Gasteiger partial charge in [0.2, 0.25) is 0 Å². The van der Waals surface area contributed by atoms with Gasteiger partial charge in [-0.15, -0.1) is 0 Å². The molecular formula is C35H66. The average Bonchev–Trinajstić information content (AvgIpc) is 2.91. The lowest BCUT2D eigenvalue weighted by Crippen LogP contribution is -2.30. The van der Waals surface area contributed by atoms with Crippen LogP contribution in [0, 0.1) is 53.3 Å². The lowest BCUT2D eigenvalue weighted by Gasteiger charge is -2.41. The molecule has 4 unspecified atom stereocenters. The molecule has 0 spiro atoms. The van der Waals surface area contributed by atoms with Crippen molar-refractivity contribution < 1.29 is 0 Å². The molecule has 206 valence electrons. The van der Waals surface area contributed by atoms with Gasteiger partial charge in [0, 0.05) is 0 Å². The summed E-state index contributed by atoms with van der Waals surface area (Å²) in [7, 11) is 0. The minimum absolute atomic E-state index is 0.951. The second-order valence-corrected chi connectivity index (χ2v) is 14.1. The van der Waals surface area contributed by atoms with E-state index >= 15 is 0 Å². The van der Waals surface area contributed by atoms with E-state index in [-0.39, 0.29) is 0 Å². The molecule has 0 saturated heterocycles. The van der Waals surface area contributed by atoms with Crippen LogP contribution in [0.4, 0.5) is 0 Å². The third-order valence-electron chi connectivity index (χ3n) is 12.0. The van der Waals surface area contributed by atoms with E-state index in [0.29, 0.717) is 0 Å². The molecular weight excluding hydrogens is 420 g/mol. The fourth-order valence-corrected chi connectivity index (χ4v) is 9.09. The van der Waals surface area contributed by atoms with Crippen LogP contribution in [0.15, 0.2) is 0 Å². The highest BCUT2D eigenvalue weighted by molar-refractivity contribution is 4.86. The minimum atomic E-state index is 0.951. The first-order valence-corrected chi connectivity index (χ1v) is 17.0. The molecule has 0 bridgehead atoms. The Balaban J connectivity index is 1.58. The smallest absolute Gasteiger partial charge is 0.0380 e. The first-order valence-electron chi connectivity index (χ1n) is 17.0. The topological polar surface area (TPSA) is 0 Å². The molecule has 3 aliphatic rings. The molecule has 0 aromatic heterocycles. The van der Waals surface area contributed by atoms with Gasteiger partial charge in [0.15, 0.2) is 0 Å². The molecule has 0 amide bonds. The van der Waals surface area contributed by atoms with Gasteiger partial charge in [-0.1, -0.05) is 118 Å². The molecule has 4 atom stereocenters. The van der Waals surface area contributed by atoms with Crippen molar-refractivity contribution >= 4 is 0 Å². The van der Waals surface area contributed by atoms with Crippen LogP contribution < -0.4 is 0 Å². The van der Waals surface area contributed by atoms with Crippen LogP contribution in [0.3, 0.4) is 0 Å². The highest BCUT2D eigenvalue weighted by Gasteiger charge is 2.35. The Bertz CT molecular complexity index is 514. The lowest BCUT2D eigenvalue weighted by atomic mass is 9.64. The molecule has 3 saturated carbocycles. The summed E-state index contributed by atoms with van der Waals surface area (Å²) in [6.07, 6.45) is 31.8. The van der Waals surface area contributed by atoms with Crippen LogP contribution in [0.5, 0.6) is 0 Å². The maximum atomic E-state index is 2.68. The van der Waals surface area contributed by atoms with Gasteiger partial charge in [-0.05, 0) is 105 Å². The first-order chi connectivity index (χ1) is 17.0. The highest BCUT2D eigenvalue weighted by Crippen LogP contribution is 2.46. The van der Waals surface area contributed by atoms with Crippen LogP contribution in [0.1, 0.15) is 169 Å². The van der Waals surface area contributed by atoms with Crippen molar-refractivity contribution in [3.8, 4) is 0 Å². The standard InChI is InChI=1S/C35H66/c1-6-9-11-14-29-17-19-34(20-18-29)35(26-30(8-3)33-15-12-10-13-16-33)25-28(5)32-23-21-31(22-24-32)27(4)7-2/h27-35H,6-26H2,1-5H3. The molecule has 3 fully saturated rings. The number of hydrogen-bond acceptors (Lipinski definition) is 0. The van der Waals surface area contributed by atoms with E-state index in [0.717, 1.165) is 53.3 Å². The van der Waals surface area contributed by atoms with Crippen LogP contribution in [-0.2, 0) is 0 Å². The predicted octanol–water partition coefficient (Wildman–Crippen LogP) is 11.9. The van der Waals surface area contributed by atoms with Crippen molar-refractivity contribution in [3.63, 3.8) is 0 Å². The lowest BCUT2D eigenvalue weighted by molar-refractivity contribution is 0.0985. The summed E-state index contributed by atoms with van der Waals surface area (Å²) in [6.45, 7) is 12.5. The molecule has 0 aliphatic heterocycles. The van der Waals surface area contributed by atoms with Crippen LogP contribution in [-0.4, -0.2) is 0 Å². The summed E-state index contributed by atoms with van der Waals surface area (Å²) >= 11 is 0. The van der Waals surface area contributed by atoms with Crippen molar-refractivity contribution in [2.75, 3.05) is 0 Å². The Kier molecular flexibility index (Phi) is 13.6. The molecule has 3 aliphatic carbocycles. The van der Waals surface area contributed by atoms with Gasteiger partial charge in [-0.25, -0.2) is 0 Å². The van der Waals surface area contributed by atoms with Crippen molar-refractivity contribution in [3.05, 3.63) is 0 Å². The van der Waals surface area contributed by atoms with Crippen LogP contribution in [0.2, 0.25) is 0 Å². The van der Waals surface area contributed by atoms with Crippen molar-refractivity contribution in [2.45, 2.75) is 169 Å². The summed E-state index contributed by atoms with van der Waals surface area (Å²) in [5, 5.41) is 0. The Hall–Kier alpha value is 0. The van der Waals surface area contributed by atoms with Crippen molar-refractivity contribution in [1.29, 1.82) is 0 Å². The summed E-state index contributed by atoms with van der Waals surface area (Å²) < 4.78 is 0. The van der Waals surface area contributed by atoms with E-state index in [1.165, 1.54) is 83.5 Å². The molecule has 35 heavy (non-hydrogen) atoms. The zero-order chi connectivity index (χ0) is 25.0. The van der Waals surface area contributed by atoms with E-state index in [2.05, 4.69) is 34.6 Å². The molecule has 0 heteroatoms. The average molecular weight is 487 g/mol. The Morgan fingerprint density at radius 2 is 1.09 bits per heavy atom. The Morgan fingerprint density at radius 3 is 1.66 bits per heavy atom. The Labute approximate surface area is 222 Å². The van der Waals surface area contributed by atoms with Crippen LogP contribution in [0.25, 0.3) is 0 Å². The second-order valence-electron chi connectivity index (χ2n) is 14.1. The van der Waals surface area contributed by atoms with Gasteiger partial charge in [0.05, 0.1) is 0 Å². The molecule has 0 nitrogen and oxygen atoms in total. The minimum Gasteiger partial charge on any atom is -0.0654 e. The zero-order valence-corrected chi connectivity index (χ0v) is 25.0.